The van der Waals surface area contributed by atoms with Crippen molar-refractivity contribution in [2.75, 3.05) is 24.6 Å². The lowest BCUT2D eigenvalue weighted by atomic mass is 10.1. The van der Waals surface area contributed by atoms with Crippen LogP contribution in [0.1, 0.15) is 11.7 Å². The van der Waals surface area contributed by atoms with Crippen LogP contribution in [0.5, 0.6) is 0 Å². The van der Waals surface area contributed by atoms with Crippen LogP contribution >= 0.6 is 0 Å². The van der Waals surface area contributed by atoms with E-state index in [2.05, 4.69) is 20.6 Å². The van der Waals surface area contributed by atoms with Gasteiger partial charge in [-0.3, -0.25) is 0 Å². The van der Waals surface area contributed by atoms with Crippen LogP contribution < -0.4 is 4.90 Å². The van der Waals surface area contributed by atoms with E-state index < -0.39 is 17.7 Å². The fraction of sp³-hybridized carbons (Fsp3) is 0.286. The van der Waals surface area contributed by atoms with Gasteiger partial charge >= 0.3 is 0 Å². The van der Waals surface area contributed by atoms with Crippen molar-refractivity contribution in [3.8, 4) is 0 Å². The molecule has 0 amide bonds. The van der Waals surface area contributed by atoms with Crippen molar-refractivity contribution in [2.45, 2.75) is 6.10 Å². The van der Waals surface area contributed by atoms with E-state index in [0.29, 0.717) is 31.2 Å². The summed E-state index contributed by atoms with van der Waals surface area (Å²) in [6.45, 7) is 1.19. The number of rotatable bonds is 2. The van der Waals surface area contributed by atoms with Gasteiger partial charge in [0.05, 0.1) is 18.7 Å². The first kappa shape index (κ1) is 13.9. The summed E-state index contributed by atoms with van der Waals surface area (Å²) in [7, 11) is 0. The van der Waals surface area contributed by atoms with E-state index in [1.165, 1.54) is 22.8 Å². The zero-order chi connectivity index (χ0) is 15.8. The summed E-state index contributed by atoms with van der Waals surface area (Å²) in [5, 5.41) is 15.4. The summed E-state index contributed by atoms with van der Waals surface area (Å²) in [6, 6.07) is 7.29. The predicted molar refractivity (Wildman–Crippen MR) is 75.8 cm³/mol. The maximum absolute atomic E-state index is 13.9. The Hall–Kier alpha value is -2.68. The van der Waals surface area contributed by atoms with Gasteiger partial charge in [0.25, 0.3) is 0 Å². The monoisotopic (exact) mass is 318 g/mol. The number of ether oxygens (including phenoxy) is 1. The van der Waals surface area contributed by atoms with Crippen LogP contribution in [0.3, 0.4) is 0 Å². The van der Waals surface area contributed by atoms with Crippen LogP contribution in [0.2, 0.25) is 0 Å². The van der Waals surface area contributed by atoms with Gasteiger partial charge in [0.15, 0.2) is 11.5 Å². The van der Waals surface area contributed by atoms with E-state index in [0.717, 1.165) is 0 Å². The largest absolute Gasteiger partial charge is 0.370 e. The number of nitrogens with zero attached hydrogens (tertiary/aromatic N) is 6. The molecule has 7 nitrogen and oxygen atoms in total. The van der Waals surface area contributed by atoms with Crippen LogP contribution in [-0.2, 0) is 4.74 Å². The minimum absolute atomic E-state index is 0.0549. The zero-order valence-corrected chi connectivity index (χ0v) is 11.9. The summed E-state index contributed by atoms with van der Waals surface area (Å²) in [6.07, 6.45) is -0.698. The number of benzene rings is 1. The molecule has 1 aromatic carbocycles. The number of anilines is 1. The highest BCUT2D eigenvalue weighted by molar-refractivity contribution is 5.45. The third-order valence-corrected chi connectivity index (χ3v) is 3.77. The van der Waals surface area contributed by atoms with Crippen LogP contribution in [0.4, 0.5) is 14.6 Å². The number of halogens is 2. The third kappa shape index (κ3) is 2.48. The molecule has 1 unspecified atom stereocenters. The first-order valence-corrected chi connectivity index (χ1v) is 7.08. The summed E-state index contributed by atoms with van der Waals surface area (Å²) < 4.78 is 34.8. The van der Waals surface area contributed by atoms with Crippen molar-refractivity contribution in [2.24, 2.45) is 0 Å². The Morgan fingerprint density at radius 1 is 1.13 bits per heavy atom. The van der Waals surface area contributed by atoms with E-state index in [1.807, 2.05) is 4.90 Å². The van der Waals surface area contributed by atoms with Gasteiger partial charge < -0.3 is 9.64 Å². The van der Waals surface area contributed by atoms with Crippen LogP contribution in [0.15, 0.2) is 30.3 Å². The molecule has 0 aliphatic carbocycles. The standard InChI is InChI=1S/C14H12F2N6O/c15-9-2-1-3-10(16)14(9)11-8-21(6-7-23-11)13-5-4-12-17-19-20-22(12)18-13/h1-5,11H,6-8H2. The molecular formula is C14H12F2N6O. The van der Waals surface area contributed by atoms with Crippen molar-refractivity contribution in [1.29, 1.82) is 0 Å². The molecule has 0 saturated carbocycles. The summed E-state index contributed by atoms with van der Waals surface area (Å²) >= 11 is 0. The molecule has 1 saturated heterocycles. The Labute approximate surface area is 129 Å². The van der Waals surface area contributed by atoms with Crippen molar-refractivity contribution in [1.82, 2.24) is 25.3 Å². The van der Waals surface area contributed by atoms with Gasteiger partial charge in [-0.2, -0.15) is 0 Å². The summed E-state index contributed by atoms with van der Waals surface area (Å²) in [4.78, 5) is 1.89. The Kier molecular flexibility index (Phi) is 3.34. The number of hydrogen-bond acceptors (Lipinski definition) is 6. The van der Waals surface area contributed by atoms with E-state index in [-0.39, 0.29) is 5.56 Å². The predicted octanol–water partition coefficient (Wildman–Crippen LogP) is 1.38. The molecular weight excluding hydrogens is 306 g/mol. The number of tetrazole rings is 1. The zero-order valence-electron chi connectivity index (χ0n) is 11.9. The highest BCUT2D eigenvalue weighted by atomic mass is 19.1. The highest BCUT2D eigenvalue weighted by Gasteiger charge is 2.28. The van der Waals surface area contributed by atoms with Crippen molar-refractivity contribution in [3.63, 3.8) is 0 Å². The van der Waals surface area contributed by atoms with E-state index in [9.17, 15) is 8.78 Å². The van der Waals surface area contributed by atoms with Crippen molar-refractivity contribution < 1.29 is 13.5 Å². The lowest BCUT2D eigenvalue weighted by molar-refractivity contribution is 0.0347. The van der Waals surface area contributed by atoms with E-state index in [1.54, 1.807) is 12.1 Å². The Bertz CT molecular complexity index is 834. The van der Waals surface area contributed by atoms with Crippen LogP contribution in [-0.4, -0.2) is 45.0 Å². The molecule has 0 radical (unpaired) electrons. The fourth-order valence-corrected chi connectivity index (χ4v) is 2.66. The molecule has 9 heteroatoms. The Morgan fingerprint density at radius 2 is 1.96 bits per heavy atom. The molecule has 23 heavy (non-hydrogen) atoms. The maximum Gasteiger partial charge on any atom is 0.200 e. The van der Waals surface area contributed by atoms with Gasteiger partial charge in [0.2, 0.25) is 0 Å². The normalized spacial score (nSPS) is 18.5. The van der Waals surface area contributed by atoms with Crippen molar-refractivity contribution in [3.05, 3.63) is 47.5 Å². The minimum atomic E-state index is -0.698. The second kappa shape index (κ2) is 5.51. The molecule has 4 rings (SSSR count). The average molecular weight is 318 g/mol. The molecule has 1 atom stereocenters. The van der Waals surface area contributed by atoms with Gasteiger partial charge in [-0.05, 0) is 34.7 Å². The Balaban J connectivity index is 1.64. The SMILES string of the molecule is Fc1cccc(F)c1C1CN(c2ccc3nnnn3n2)CCO1. The van der Waals surface area contributed by atoms with Crippen LogP contribution in [0, 0.1) is 11.6 Å². The molecule has 0 spiro atoms. The van der Waals surface area contributed by atoms with Crippen molar-refractivity contribution >= 4 is 11.5 Å². The lowest BCUT2D eigenvalue weighted by Gasteiger charge is -2.33. The van der Waals surface area contributed by atoms with Gasteiger partial charge in [0.1, 0.15) is 17.7 Å². The smallest absolute Gasteiger partial charge is 0.200 e. The first-order chi connectivity index (χ1) is 11.2. The second-order valence-electron chi connectivity index (χ2n) is 5.16. The lowest BCUT2D eigenvalue weighted by Crippen LogP contribution is -2.39. The van der Waals surface area contributed by atoms with Gasteiger partial charge in [0, 0.05) is 6.54 Å². The van der Waals surface area contributed by atoms with Gasteiger partial charge in [-0.25, -0.2) is 8.78 Å². The second-order valence-corrected chi connectivity index (χ2v) is 5.16. The minimum Gasteiger partial charge on any atom is -0.370 e. The number of fused-ring (bicyclic) bond motifs is 1. The number of hydrogen-bond donors (Lipinski definition) is 0. The molecule has 3 heterocycles. The average Bonchev–Trinajstić information content (AvgIpc) is 3.02. The molecule has 0 N–H and O–H groups in total. The molecule has 3 aromatic rings. The highest BCUT2D eigenvalue weighted by Crippen LogP contribution is 2.28. The van der Waals surface area contributed by atoms with E-state index in [4.69, 9.17) is 4.74 Å². The maximum atomic E-state index is 13.9. The molecule has 0 bridgehead atoms. The molecule has 2 aromatic heterocycles. The van der Waals surface area contributed by atoms with E-state index >= 15 is 0 Å². The molecule has 1 aliphatic rings. The first-order valence-electron chi connectivity index (χ1n) is 7.08. The fourth-order valence-electron chi connectivity index (χ4n) is 2.66. The number of morpholine rings is 1. The summed E-state index contributed by atoms with van der Waals surface area (Å²) in [5.41, 5.74) is 0.472. The topological polar surface area (TPSA) is 68.4 Å². The van der Waals surface area contributed by atoms with Crippen LogP contribution in [0.25, 0.3) is 5.65 Å². The van der Waals surface area contributed by atoms with Gasteiger partial charge in [-0.1, -0.05) is 6.07 Å². The van der Waals surface area contributed by atoms with Gasteiger partial charge in [-0.15, -0.1) is 14.8 Å². The molecule has 118 valence electrons. The molecule has 1 aliphatic heterocycles. The molecule has 1 fully saturated rings. The number of aromatic nitrogens is 5. The summed E-state index contributed by atoms with van der Waals surface area (Å²) in [5.74, 6) is -0.601. The Morgan fingerprint density at radius 3 is 2.78 bits per heavy atom. The quantitative estimate of drug-likeness (QED) is 0.711. The third-order valence-electron chi connectivity index (χ3n) is 3.77.